The molecule has 0 radical (unpaired) electrons. The molecule has 0 bridgehead atoms. The predicted octanol–water partition coefficient (Wildman–Crippen LogP) is 1.93. The zero-order valence-electron chi connectivity index (χ0n) is 14.7. The first kappa shape index (κ1) is 18.4. The number of hydrogen-bond acceptors (Lipinski definition) is 5. The van der Waals surface area contributed by atoms with Crippen LogP contribution in [-0.4, -0.2) is 43.1 Å². The van der Waals surface area contributed by atoms with Gasteiger partial charge in [0.1, 0.15) is 0 Å². The van der Waals surface area contributed by atoms with Crippen LogP contribution in [-0.2, 0) is 9.84 Å². The summed E-state index contributed by atoms with van der Waals surface area (Å²) < 4.78 is 23.2. The number of para-hydroxylation sites is 1. The Morgan fingerprint density at radius 1 is 1.04 bits per heavy atom. The van der Waals surface area contributed by atoms with Crippen LogP contribution in [0.3, 0.4) is 0 Å². The lowest BCUT2D eigenvalue weighted by Crippen LogP contribution is -2.42. The first-order valence-corrected chi connectivity index (χ1v) is 10.2. The number of hydrogen-bond donors (Lipinski definition) is 3. The van der Waals surface area contributed by atoms with Gasteiger partial charge in [-0.05, 0) is 43.2 Å². The molecule has 1 saturated heterocycles. The molecule has 1 amide bonds. The molecule has 1 aliphatic rings. The van der Waals surface area contributed by atoms with E-state index in [0.29, 0.717) is 11.3 Å². The second kappa shape index (κ2) is 7.09. The second-order valence-electron chi connectivity index (χ2n) is 6.64. The summed E-state index contributed by atoms with van der Waals surface area (Å²) in [4.78, 5) is 12.7. The molecular weight excluding hydrogens is 352 g/mol. The average Bonchev–Trinajstić information content (AvgIpc) is 2.84. The maximum atomic E-state index is 12.7. The van der Waals surface area contributed by atoms with Crippen molar-refractivity contribution in [3.8, 4) is 0 Å². The van der Waals surface area contributed by atoms with Crippen molar-refractivity contribution in [3.05, 3.63) is 59.2 Å². The predicted molar refractivity (Wildman–Crippen MR) is 102 cm³/mol. The number of aliphatic hydroxyl groups excluding tert-OH is 1. The van der Waals surface area contributed by atoms with Gasteiger partial charge in [0.2, 0.25) is 0 Å². The Morgan fingerprint density at radius 2 is 1.73 bits per heavy atom. The van der Waals surface area contributed by atoms with Crippen molar-refractivity contribution in [1.29, 1.82) is 0 Å². The Labute approximate surface area is 153 Å². The maximum Gasteiger partial charge on any atom is 0.253 e. The second-order valence-corrected chi connectivity index (χ2v) is 8.80. The molecule has 3 rings (SSSR count). The summed E-state index contributed by atoms with van der Waals surface area (Å²) in [5.41, 5.74) is 4.13. The SMILES string of the molecule is Cc1cccc(Nc2ccccc2C(=O)N[C@@H]2CS(=O)(=O)C[C@H]2O)c1C. The lowest BCUT2D eigenvalue weighted by Gasteiger charge is -2.18. The molecule has 1 heterocycles. The van der Waals surface area contributed by atoms with Gasteiger partial charge >= 0.3 is 0 Å². The fourth-order valence-electron chi connectivity index (χ4n) is 3.03. The Hall–Kier alpha value is -2.38. The van der Waals surface area contributed by atoms with Crippen LogP contribution in [0.5, 0.6) is 0 Å². The van der Waals surface area contributed by atoms with Crippen molar-refractivity contribution in [2.75, 3.05) is 16.8 Å². The molecule has 0 unspecified atom stereocenters. The number of nitrogens with one attached hydrogen (secondary N) is 2. The monoisotopic (exact) mass is 374 g/mol. The van der Waals surface area contributed by atoms with Gasteiger partial charge in [0.25, 0.3) is 5.91 Å². The lowest BCUT2D eigenvalue weighted by atomic mass is 10.1. The first-order chi connectivity index (χ1) is 12.3. The fourth-order valence-corrected chi connectivity index (χ4v) is 4.78. The van der Waals surface area contributed by atoms with Gasteiger partial charge in [-0.2, -0.15) is 0 Å². The summed E-state index contributed by atoms with van der Waals surface area (Å²) in [5.74, 6) is -0.980. The molecule has 2 aromatic carbocycles. The molecule has 0 aromatic heterocycles. The minimum absolute atomic E-state index is 0.244. The molecule has 2 atom stereocenters. The van der Waals surface area contributed by atoms with Crippen molar-refractivity contribution in [2.45, 2.75) is 26.0 Å². The summed E-state index contributed by atoms with van der Waals surface area (Å²) in [6, 6.07) is 12.1. The van der Waals surface area contributed by atoms with Crippen LogP contribution in [0.15, 0.2) is 42.5 Å². The highest BCUT2D eigenvalue weighted by Gasteiger charge is 2.37. The van der Waals surface area contributed by atoms with Crippen molar-refractivity contribution in [3.63, 3.8) is 0 Å². The molecule has 3 N–H and O–H groups in total. The van der Waals surface area contributed by atoms with E-state index in [9.17, 15) is 18.3 Å². The van der Waals surface area contributed by atoms with E-state index in [1.165, 1.54) is 0 Å². The Bertz CT molecular complexity index is 940. The number of amides is 1. The van der Waals surface area contributed by atoms with E-state index in [4.69, 9.17) is 0 Å². The highest BCUT2D eigenvalue weighted by Crippen LogP contribution is 2.25. The zero-order chi connectivity index (χ0) is 18.9. The molecule has 6 nitrogen and oxygen atoms in total. The number of rotatable bonds is 4. The first-order valence-electron chi connectivity index (χ1n) is 8.38. The Balaban J connectivity index is 1.83. The molecule has 0 spiro atoms. The van der Waals surface area contributed by atoms with E-state index < -0.39 is 27.9 Å². The van der Waals surface area contributed by atoms with E-state index in [1.807, 2.05) is 38.1 Å². The molecule has 0 saturated carbocycles. The van der Waals surface area contributed by atoms with Gasteiger partial charge in [0.15, 0.2) is 9.84 Å². The van der Waals surface area contributed by atoms with E-state index in [2.05, 4.69) is 10.6 Å². The van der Waals surface area contributed by atoms with Crippen LogP contribution < -0.4 is 10.6 Å². The molecule has 2 aromatic rings. The number of benzene rings is 2. The van der Waals surface area contributed by atoms with Crippen molar-refractivity contribution < 1.29 is 18.3 Å². The van der Waals surface area contributed by atoms with E-state index in [1.54, 1.807) is 18.2 Å². The number of sulfone groups is 1. The minimum Gasteiger partial charge on any atom is -0.390 e. The van der Waals surface area contributed by atoms with Gasteiger partial charge < -0.3 is 15.7 Å². The van der Waals surface area contributed by atoms with Crippen LogP contribution in [0, 0.1) is 13.8 Å². The number of anilines is 2. The maximum absolute atomic E-state index is 12.7. The van der Waals surface area contributed by atoms with Crippen molar-refractivity contribution in [2.24, 2.45) is 0 Å². The van der Waals surface area contributed by atoms with Crippen LogP contribution in [0.2, 0.25) is 0 Å². The summed E-state index contributed by atoms with van der Waals surface area (Å²) in [7, 11) is -3.32. The average molecular weight is 374 g/mol. The summed E-state index contributed by atoms with van der Waals surface area (Å²) in [6.07, 6.45) is -1.08. The van der Waals surface area contributed by atoms with Gasteiger partial charge in [-0.1, -0.05) is 24.3 Å². The Morgan fingerprint density at radius 3 is 2.42 bits per heavy atom. The minimum atomic E-state index is -3.32. The van der Waals surface area contributed by atoms with E-state index in [-0.39, 0.29) is 11.5 Å². The third-order valence-electron chi connectivity index (χ3n) is 4.68. The summed E-state index contributed by atoms with van der Waals surface area (Å²) >= 11 is 0. The van der Waals surface area contributed by atoms with Gasteiger partial charge in [-0.3, -0.25) is 4.79 Å². The molecular formula is C19H22N2O4S. The molecule has 1 aliphatic heterocycles. The van der Waals surface area contributed by atoms with Crippen LogP contribution in [0.4, 0.5) is 11.4 Å². The zero-order valence-corrected chi connectivity index (χ0v) is 15.5. The molecule has 26 heavy (non-hydrogen) atoms. The lowest BCUT2D eigenvalue weighted by molar-refractivity contribution is 0.0889. The number of carbonyl (C=O) groups excluding carboxylic acids is 1. The molecule has 0 aliphatic carbocycles. The third kappa shape index (κ3) is 3.89. The van der Waals surface area contributed by atoms with Crippen molar-refractivity contribution in [1.82, 2.24) is 5.32 Å². The third-order valence-corrected chi connectivity index (χ3v) is 6.40. The molecule has 1 fully saturated rings. The number of carbonyl (C=O) groups is 1. The smallest absolute Gasteiger partial charge is 0.253 e. The van der Waals surface area contributed by atoms with Crippen molar-refractivity contribution >= 4 is 27.1 Å². The highest BCUT2D eigenvalue weighted by molar-refractivity contribution is 7.91. The molecule has 7 heteroatoms. The number of aliphatic hydroxyl groups is 1. The molecule has 138 valence electrons. The topological polar surface area (TPSA) is 95.5 Å². The van der Waals surface area contributed by atoms with Crippen LogP contribution in [0.1, 0.15) is 21.5 Å². The Kier molecular flexibility index (Phi) is 5.02. The van der Waals surface area contributed by atoms with Gasteiger partial charge in [-0.15, -0.1) is 0 Å². The van der Waals surface area contributed by atoms with Gasteiger partial charge in [0.05, 0.1) is 34.9 Å². The highest BCUT2D eigenvalue weighted by atomic mass is 32.2. The largest absolute Gasteiger partial charge is 0.390 e. The van der Waals surface area contributed by atoms with Gasteiger partial charge in [0, 0.05) is 5.69 Å². The van der Waals surface area contributed by atoms with Crippen LogP contribution in [0.25, 0.3) is 0 Å². The fraction of sp³-hybridized carbons (Fsp3) is 0.316. The van der Waals surface area contributed by atoms with E-state index in [0.717, 1.165) is 16.8 Å². The quantitative estimate of drug-likeness (QED) is 0.760. The van der Waals surface area contributed by atoms with E-state index >= 15 is 0 Å². The summed E-state index contributed by atoms with van der Waals surface area (Å²) in [5, 5.41) is 15.8. The van der Waals surface area contributed by atoms with Crippen LogP contribution >= 0.6 is 0 Å². The number of aryl methyl sites for hydroxylation is 1. The van der Waals surface area contributed by atoms with Gasteiger partial charge in [-0.25, -0.2) is 8.42 Å². The standard InChI is InChI=1S/C19H22N2O4S/c1-12-6-5-9-15(13(12)2)20-16-8-4-3-7-14(16)19(23)21-17-10-26(24,25)11-18(17)22/h3-9,17-18,20,22H,10-11H2,1-2H3,(H,21,23)/t17-,18-/m1/s1. The summed E-state index contributed by atoms with van der Waals surface area (Å²) in [6.45, 7) is 4.02. The normalized spacial score (nSPS) is 21.3.